The highest BCUT2D eigenvalue weighted by Gasteiger charge is 2.27. The van der Waals surface area contributed by atoms with E-state index in [1.165, 1.54) is 21.9 Å². The Balaban J connectivity index is 1.73. The Morgan fingerprint density at radius 3 is 2.91 bits per heavy atom. The number of carbonyl (C=O) groups excluding carboxylic acids is 1. The standard InChI is InChI=1S/C18H22N2O2S/c1-19-13-14(7-10-17(19)21)18(22)20-11-3-2-5-15(20)8-9-16-6-4-12-23-16/h4,6-7,10,12-13,15H,2-3,5,8-9,11H2,1H3. The second-order valence-electron chi connectivity index (χ2n) is 6.13. The van der Waals surface area contributed by atoms with Crippen LogP contribution in [0, 0.1) is 0 Å². The van der Waals surface area contributed by atoms with Crippen molar-refractivity contribution in [2.45, 2.75) is 38.1 Å². The Bertz CT molecular complexity index is 721. The lowest BCUT2D eigenvalue weighted by Crippen LogP contribution is -2.44. The van der Waals surface area contributed by atoms with Crippen molar-refractivity contribution in [1.82, 2.24) is 9.47 Å². The van der Waals surface area contributed by atoms with Crippen molar-refractivity contribution in [2.75, 3.05) is 6.54 Å². The van der Waals surface area contributed by atoms with E-state index in [1.54, 1.807) is 30.6 Å². The summed E-state index contributed by atoms with van der Waals surface area (Å²) < 4.78 is 1.47. The van der Waals surface area contributed by atoms with Crippen molar-refractivity contribution >= 4 is 17.2 Å². The first-order valence-electron chi connectivity index (χ1n) is 8.15. The lowest BCUT2D eigenvalue weighted by molar-refractivity contribution is 0.0601. The summed E-state index contributed by atoms with van der Waals surface area (Å²) in [7, 11) is 1.68. The highest BCUT2D eigenvalue weighted by atomic mass is 32.1. The normalized spacial score (nSPS) is 18.1. The molecule has 1 aliphatic rings. The summed E-state index contributed by atoms with van der Waals surface area (Å²) in [5.74, 6) is 0.0523. The second-order valence-corrected chi connectivity index (χ2v) is 7.17. The number of carbonyl (C=O) groups is 1. The average molecular weight is 330 g/mol. The molecule has 4 nitrogen and oxygen atoms in total. The Morgan fingerprint density at radius 2 is 2.17 bits per heavy atom. The van der Waals surface area contributed by atoms with E-state index < -0.39 is 0 Å². The molecular weight excluding hydrogens is 308 g/mol. The monoisotopic (exact) mass is 330 g/mol. The molecule has 1 fully saturated rings. The molecule has 1 aliphatic heterocycles. The van der Waals surface area contributed by atoms with E-state index in [9.17, 15) is 9.59 Å². The van der Waals surface area contributed by atoms with Crippen LogP contribution in [0.15, 0.2) is 40.6 Å². The van der Waals surface area contributed by atoms with Crippen LogP contribution in [0.4, 0.5) is 0 Å². The van der Waals surface area contributed by atoms with Gasteiger partial charge in [-0.05, 0) is 49.6 Å². The molecule has 2 aromatic rings. The molecule has 0 aliphatic carbocycles. The number of nitrogens with zero attached hydrogens (tertiary/aromatic N) is 2. The predicted octanol–water partition coefficient (Wildman–Crippen LogP) is 3.07. The summed E-state index contributed by atoms with van der Waals surface area (Å²) >= 11 is 1.78. The molecule has 1 amide bonds. The van der Waals surface area contributed by atoms with Crippen LogP contribution in [0.1, 0.15) is 40.9 Å². The summed E-state index contributed by atoms with van der Waals surface area (Å²) in [6, 6.07) is 7.66. The van der Waals surface area contributed by atoms with E-state index in [0.717, 1.165) is 32.2 Å². The van der Waals surface area contributed by atoms with Gasteiger partial charge in [-0.25, -0.2) is 0 Å². The molecule has 1 unspecified atom stereocenters. The zero-order valence-electron chi connectivity index (χ0n) is 13.4. The van der Waals surface area contributed by atoms with Crippen molar-refractivity contribution in [3.63, 3.8) is 0 Å². The summed E-state index contributed by atoms with van der Waals surface area (Å²) in [6.07, 6.45) is 7.01. The first-order chi connectivity index (χ1) is 11.1. The van der Waals surface area contributed by atoms with Gasteiger partial charge in [-0.3, -0.25) is 9.59 Å². The molecular formula is C18H22N2O2S. The van der Waals surface area contributed by atoms with E-state index in [2.05, 4.69) is 17.5 Å². The predicted molar refractivity (Wildman–Crippen MR) is 93.0 cm³/mol. The maximum Gasteiger partial charge on any atom is 0.255 e. The Morgan fingerprint density at radius 1 is 1.30 bits per heavy atom. The number of pyridine rings is 1. The summed E-state index contributed by atoms with van der Waals surface area (Å²) in [5.41, 5.74) is 0.518. The van der Waals surface area contributed by atoms with Crippen molar-refractivity contribution < 1.29 is 4.79 Å². The minimum absolute atomic E-state index is 0.0523. The number of amides is 1. The van der Waals surface area contributed by atoms with Gasteiger partial charge in [-0.15, -0.1) is 11.3 Å². The SMILES string of the molecule is Cn1cc(C(=O)N2CCCCC2CCc2cccs2)ccc1=O. The molecule has 23 heavy (non-hydrogen) atoms. The number of hydrogen-bond donors (Lipinski definition) is 0. The number of hydrogen-bond acceptors (Lipinski definition) is 3. The first kappa shape index (κ1) is 16.0. The first-order valence-corrected chi connectivity index (χ1v) is 9.03. The topological polar surface area (TPSA) is 42.3 Å². The van der Waals surface area contributed by atoms with Crippen LogP contribution in [0.5, 0.6) is 0 Å². The molecule has 0 saturated carbocycles. The highest BCUT2D eigenvalue weighted by Crippen LogP contribution is 2.24. The van der Waals surface area contributed by atoms with Crippen LogP contribution in [0.25, 0.3) is 0 Å². The smallest absolute Gasteiger partial charge is 0.255 e. The maximum absolute atomic E-state index is 12.8. The number of aromatic nitrogens is 1. The third-order valence-corrected chi connectivity index (χ3v) is 5.46. The van der Waals surface area contributed by atoms with E-state index in [4.69, 9.17) is 0 Å². The molecule has 1 atom stereocenters. The zero-order chi connectivity index (χ0) is 16.2. The van der Waals surface area contributed by atoms with Gasteiger partial charge in [-0.2, -0.15) is 0 Å². The largest absolute Gasteiger partial charge is 0.336 e. The third-order valence-electron chi connectivity index (χ3n) is 4.52. The summed E-state index contributed by atoms with van der Waals surface area (Å²) in [4.78, 5) is 27.7. The number of piperidine rings is 1. The fourth-order valence-corrected chi connectivity index (χ4v) is 3.94. The van der Waals surface area contributed by atoms with Crippen LogP contribution in [0.2, 0.25) is 0 Å². The number of aryl methyl sites for hydroxylation is 2. The van der Waals surface area contributed by atoms with Crippen LogP contribution < -0.4 is 5.56 Å². The van der Waals surface area contributed by atoms with Crippen molar-refractivity contribution in [3.8, 4) is 0 Å². The van der Waals surface area contributed by atoms with E-state index >= 15 is 0 Å². The number of likely N-dealkylation sites (tertiary alicyclic amines) is 1. The fourth-order valence-electron chi connectivity index (χ4n) is 3.22. The van der Waals surface area contributed by atoms with Gasteiger partial charge in [0, 0.05) is 36.8 Å². The Labute approximate surface area is 140 Å². The molecule has 0 aromatic carbocycles. The maximum atomic E-state index is 12.8. The van der Waals surface area contributed by atoms with Crippen LogP contribution in [0.3, 0.4) is 0 Å². The van der Waals surface area contributed by atoms with Gasteiger partial charge in [0.2, 0.25) is 5.56 Å². The van der Waals surface area contributed by atoms with Gasteiger partial charge in [0.15, 0.2) is 0 Å². The van der Waals surface area contributed by atoms with Crippen LogP contribution in [-0.2, 0) is 13.5 Å². The molecule has 3 rings (SSSR count). The molecule has 0 bridgehead atoms. The number of thiophene rings is 1. The molecule has 5 heteroatoms. The summed E-state index contributed by atoms with van der Waals surface area (Å²) in [6.45, 7) is 0.816. The molecule has 0 N–H and O–H groups in total. The Kier molecular flexibility index (Phi) is 4.96. The van der Waals surface area contributed by atoms with E-state index in [1.807, 2.05) is 4.90 Å². The van der Waals surface area contributed by atoms with Gasteiger partial charge >= 0.3 is 0 Å². The Hall–Kier alpha value is -1.88. The van der Waals surface area contributed by atoms with Crippen molar-refractivity contribution in [3.05, 3.63) is 56.6 Å². The van der Waals surface area contributed by atoms with Crippen molar-refractivity contribution in [1.29, 1.82) is 0 Å². The molecule has 2 aromatic heterocycles. The zero-order valence-corrected chi connectivity index (χ0v) is 14.2. The van der Waals surface area contributed by atoms with E-state index in [-0.39, 0.29) is 11.5 Å². The highest BCUT2D eigenvalue weighted by molar-refractivity contribution is 7.09. The van der Waals surface area contributed by atoms with Crippen molar-refractivity contribution in [2.24, 2.45) is 7.05 Å². The van der Waals surface area contributed by atoms with E-state index in [0.29, 0.717) is 11.6 Å². The van der Waals surface area contributed by atoms with Crippen LogP contribution in [-0.4, -0.2) is 28.0 Å². The average Bonchev–Trinajstić information content (AvgIpc) is 3.08. The molecule has 3 heterocycles. The molecule has 0 spiro atoms. The molecule has 122 valence electrons. The summed E-state index contributed by atoms with van der Waals surface area (Å²) in [5, 5.41) is 2.10. The van der Waals surface area contributed by atoms with Gasteiger partial charge in [-0.1, -0.05) is 6.07 Å². The minimum Gasteiger partial charge on any atom is -0.336 e. The molecule has 0 radical (unpaired) electrons. The van der Waals surface area contributed by atoms with Gasteiger partial charge in [0.1, 0.15) is 0 Å². The van der Waals surface area contributed by atoms with Gasteiger partial charge < -0.3 is 9.47 Å². The quantitative estimate of drug-likeness (QED) is 0.864. The lowest BCUT2D eigenvalue weighted by Gasteiger charge is -2.36. The minimum atomic E-state index is -0.0885. The number of rotatable bonds is 4. The molecule has 1 saturated heterocycles. The second kappa shape index (κ2) is 7.13. The van der Waals surface area contributed by atoms with Gasteiger partial charge in [0.25, 0.3) is 5.91 Å². The third kappa shape index (κ3) is 3.72. The lowest BCUT2D eigenvalue weighted by atomic mass is 9.96. The van der Waals surface area contributed by atoms with Crippen LogP contribution >= 0.6 is 11.3 Å². The fraction of sp³-hybridized carbons (Fsp3) is 0.444. The van der Waals surface area contributed by atoms with Gasteiger partial charge in [0.05, 0.1) is 5.56 Å².